The Morgan fingerprint density at radius 1 is 1.40 bits per heavy atom. The van der Waals surface area contributed by atoms with Gasteiger partial charge in [0.05, 0.1) is 5.69 Å². The number of sulfonamides is 1. The van der Waals surface area contributed by atoms with Gasteiger partial charge in [-0.05, 0) is 17.9 Å². The number of nitrogens with zero attached hydrogens (tertiary/aromatic N) is 2. The van der Waals surface area contributed by atoms with E-state index in [0.717, 1.165) is 10.6 Å². The third kappa shape index (κ3) is 3.07. The Hall–Kier alpha value is -1.67. The molecule has 2 aromatic rings. The van der Waals surface area contributed by atoms with Crippen molar-refractivity contribution >= 4 is 33.3 Å². The number of aromatic nitrogens is 2. The number of aryl methyl sites for hydroxylation is 1. The SMILES string of the molecule is CCSc1ccccc1NS(=O)(=O)c1cn(C)nc1N. The number of hydrogen-bond donors (Lipinski definition) is 2. The number of thioether (sulfide) groups is 1. The molecule has 0 aliphatic heterocycles. The summed E-state index contributed by atoms with van der Waals surface area (Å²) in [5, 5.41) is 3.85. The smallest absolute Gasteiger partial charge is 0.267 e. The Kier molecular flexibility index (Phi) is 4.24. The van der Waals surface area contributed by atoms with E-state index < -0.39 is 10.0 Å². The second-order valence-electron chi connectivity index (χ2n) is 4.09. The van der Waals surface area contributed by atoms with Gasteiger partial charge in [-0.25, -0.2) is 8.42 Å². The van der Waals surface area contributed by atoms with Crippen molar-refractivity contribution in [3.8, 4) is 0 Å². The Bertz CT molecular complexity index is 710. The number of nitrogens with one attached hydrogen (secondary N) is 1. The molecule has 0 amide bonds. The van der Waals surface area contributed by atoms with Crippen molar-refractivity contribution in [2.24, 2.45) is 7.05 Å². The Balaban J connectivity index is 2.36. The highest BCUT2D eigenvalue weighted by molar-refractivity contribution is 7.99. The van der Waals surface area contributed by atoms with Gasteiger partial charge in [0, 0.05) is 18.1 Å². The average molecular weight is 312 g/mol. The van der Waals surface area contributed by atoms with E-state index in [1.165, 1.54) is 10.9 Å². The highest BCUT2D eigenvalue weighted by Gasteiger charge is 2.21. The molecule has 1 heterocycles. The summed E-state index contributed by atoms with van der Waals surface area (Å²) in [5.41, 5.74) is 6.17. The van der Waals surface area contributed by atoms with Crippen LogP contribution in [0.5, 0.6) is 0 Å². The molecule has 1 aromatic carbocycles. The van der Waals surface area contributed by atoms with Crippen LogP contribution >= 0.6 is 11.8 Å². The molecule has 2 rings (SSSR count). The molecule has 0 aliphatic rings. The maximum absolute atomic E-state index is 12.3. The van der Waals surface area contributed by atoms with Gasteiger partial charge in [-0.15, -0.1) is 11.8 Å². The van der Waals surface area contributed by atoms with Crippen LogP contribution in [0, 0.1) is 0 Å². The minimum absolute atomic E-state index is 0.0133. The molecule has 6 nitrogen and oxygen atoms in total. The van der Waals surface area contributed by atoms with Crippen LogP contribution in [0.1, 0.15) is 6.92 Å². The monoisotopic (exact) mass is 312 g/mol. The first-order valence-electron chi connectivity index (χ1n) is 5.98. The van der Waals surface area contributed by atoms with Crippen molar-refractivity contribution < 1.29 is 8.42 Å². The van der Waals surface area contributed by atoms with Gasteiger partial charge in [0.25, 0.3) is 10.0 Å². The fourth-order valence-electron chi connectivity index (χ4n) is 1.72. The highest BCUT2D eigenvalue weighted by atomic mass is 32.2. The van der Waals surface area contributed by atoms with Crippen LogP contribution in [0.3, 0.4) is 0 Å². The maximum Gasteiger partial charge on any atom is 0.267 e. The largest absolute Gasteiger partial charge is 0.381 e. The van der Waals surface area contributed by atoms with Gasteiger partial charge in [-0.3, -0.25) is 9.40 Å². The molecule has 8 heteroatoms. The summed E-state index contributed by atoms with van der Waals surface area (Å²) < 4.78 is 28.6. The Morgan fingerprint density at radius 3 is 2.70 bits per heavy atom. The lowest BCUT2D eigenvalue weighted by Gasteiger charge is -2.11. The first kappa shape index (κ1) is 14.7. The molecule has 108 valence electrons. The Morgan fingerprint density at radius 2 is 2.10 bits per heavy atom. The van der Waals surface area contributed by atoms with Crippen molar-refractivity contribution in [1.82, 2.24) is 9.78 Å². The quantitative estimate of drug-likeness (QED) is 0.823. The van der Waals surface area contributed by atoms with Crippen molar-refractivity contribution in [1.29, 1.82) is 0 Å². The third-order valence-electron chi connectivity index (χ3n) is 2.54. The molecular formula is C12H16N4O2S2. The fraction of sp³-hybridized carbons (Fsp3) is 0.250. The number of nitrogens with two attached hydrogens (primary N) is 1. The number of nitrogen functional groups attached to an aromatic ring is 1. The number of benzene rings is 1. The Labute approximate surface area is 122 Å². The average Bonchev–Trinajstić information content (AvgIpc) is 2.72. The number of anilines is 2. The van der Waals surface area contributed by atoms with Crippen molar-refractivity contribution in [3.05, 3.63) is 30.5 Å². The highest BCUT2D eigenvalue weighted by Crippen LogP contribution is 2.29. The molecule has 0 unspecified atom stereocenters. The van der Waals surface area contributed by atoms with E-state index in [0.29, 0.717) is 5.69 Å². The van der Waals surface area contributed by atoms with E-state index in [4.69, 9.17) is 5.73 Å². The molecule has 0 spiro atoms. The number of hydrogen-bond acceptors (Lipinski definition) is 5. The van der Waals surface area contributed by atoms with E-state index in [-0.39, 0.29) is 10.7 Å². The minimum Gasteiger partial charge on any atom is -0.381 e. The van der Waals surface area contributed by atoms with Crippen LogP contribution < -0.4 is 10.5 Å². The summed E-state index contributed by atoms with van der Waals surface area (Å²) in [5.74, 6) is 0.842. The van der Waals surface area contributed by atoms with Crippen LogP contribution in [0.25, 0.3) is 0 Å². The van der Waals surface area contributed by atoms with Crippen LogP contribution in [-0.4, -0.2) is 24.0 Å². The summed E-state index contributed by atoms with van der Waals surface area (Å²) >= 11 is 1.57. The molecule has 0 atom stereocenters. The standard InChI is InChI=1S/C12H16N4O2S2/c1-3-19-10-7-5-4-6-9(10)15-20(17,18)11-8-16(2)14-12(11)13/h4-8,15H,3H2,1-2H3,(H2,13,14). The van der Waals surface area contributed by atoms with Gasteiger partial charge in [-0.1, -0.05) is 19.1 Å². The van der Waals surface area contributed by atoms with Crippen molar-refractivity contribution in [2.75, 3.05) is 16.2 Å². The van der Waals surface area contributed by atoms with Gasteiger partial charge in [0.15, 0.2) is 5.82 Å². The van der Waals surface area contributed by atoms with Crippen LogP contribution in [0.2, 0.25) is 0 Å². The van der Waals surface area contributed by atoms with Crippen LogP contribution in [0.4, 0.5) is 11.5 Å². The lowest BCUT2D eigenvalue weighted by atomic mass is 10.3. The predicted molar refractivity (Wildman–Crippen MR) is 81.3 cm³/mol. The summed E-state index contributed by atoms with van der Waals surface area (Å²) in [4.78, 5) is 0.859. The first-order chi connectivity index (χ1) is 9.44. The van der Waals surface area contributed by atoms with Gasteiger partial charge >= 0.3 is 0 Å². The zero-order valence-corrected chi connectivity index (χ0v) is 12.8. The maximum atomic E-state index is 12.3. The molecular weight excluding hydrogens is 296 g/mol. The molecule has 0 saturated carbocycles. The summed E-state index contributed by atoms with van der Waals surface area (Å²) in [7, 11) is -2.11. The molecule has 0 bridgehead atoms. The second kappa shape index (κ2) is 5.76. The summed E-state index contributed by atoms with van der Waals surface area (Å²) in [6.45, 7) is 2.01. The normalized spacial score (nSPS) is 11.5. The first-order valence-corrected chi connectivity index (χ1v) is 8.44. The lowest BCUT2D eigenvalue weighted by molar-refractivity contribution is 0.601. The molecule has 0 radical (unpaired) electrons. The van der Waals surface area contributed by atoms with Gasteiger partial charge in [-0.2, -0.15) is 5.10 Å². The predicted octanol–water partition coefficient (Wildman–Crippen LogP) is 1.92. The van der Waals surface area contributed by atoms with Gasteiger partial charge in [0.1, 0.15) is 4.90 Å². The lowest BCUT2D eigenvalue weighted by Crippen LogP contribution is -2.14. The molecule has 1 aromatic heterocycles. The minimum atomic E-state index is -3.74. The number of para-hydroxylation sites is 1. The second-order valence-corrected chi connectivity index (χ2v) is 7.04. The summed E-state index contributed by atoms with van der Waals surface area (Å²) in [6, 6.07) is 7.25. The number of rotatable bonds is 5. The molecule has 0 fully saturated rings. The zero-order chi connectivity index (χ0) is 14.8. The van der Waals surface area contributed by atoms with Gasteiger partial charge < -0.3 is 5.73 Å². The van der Waals surface area contributed by atoms with Gasteiger partial charge in [0.2, 0.25) is 0 Å². The van der Waals surface area contributed by atoms with Crippen LogP contribution in [-0.2, 0) is 17.1 Å². The van der Waals surface area contributed by atoms with E-state index in [1.54, 1.807) is 30.9 Å². The third-order valence-corrected chi connectivity index (χ3v) is 4.88. The molecule has 20 heavy (non-hydrogen) atoms. The van der Waals surface area contributed by atoms with E-state index in [9.17, 15) is 8.42 Å². The van der Waals surface area contributed by atoms with Crippen molar-refractivity contribution in [3.63, 3.8) is 0 Å². The molecule has 3 N–H and O–H groups in total. The molecule has 0 saturated heterocycles. The summed E-state index contributed by atoms with van der Waals surface area (Å²) in [6.07, 6.45) is 1.38. The fourth-order valence-corrected chi connectivity index (χ4v) is 3.73. The van der Waals surface area contributed by atoms with E-state index >= 15 is 0 Å². The van der Waals surface area contributed by atoms with Crippen molar-refractivity contribution in [2.45, 2.75) is 16.7 Å². The van der Waals surface area contributed by atoms with Crippen LogP contribution in [0.15, 0.2) is 40.3 Å². The molecule has 0 aliphatic carbocycles. The topological polar surface area (TPSA) is 90.0 Å². The van der Waals surface area contributed by atoms with E-state index in [2.05, 4.69) is 9.82 Å². The zero-order valence-electron chi connectivity index (χ0n) is 11.2. The van der Waals surface area contributed by atoms with E-state index in [1.807, 2.05) is 19.1 Å².